The van der Waals surface area contributed by atoms with Gasteiger partial charge >= 0.3 is 0 Å². The Morgan fingerprint density at radius 3 is 2.65 bits per heavy atom. The van der Waals surface area contributed by atoms with Crippen LogP contribution in [0.25, 0.3) is 0 Å². The van der Waals surface area contributed by atoms with Crippen LogP contribution in [0.2, 0.25) is 0 Å². The summed E-state index contributed by atoms with van der Waals surface area (Å²) in [6.07, 6.45) is 5.65. The zero-order valence-electron chi connectivity index (χ0n) is 13.0. The molecule has 0 radical (unpaired) electrons. The van der Waals surface area contributed by atoms with E-state index in [4.69, 9.17) is 9.72 Å². The average molecular weight is 277 g/mol. The Morgan fingerprint density at radius 1 is 1.25 bits per heavy atom. The SMILES string of the molecule is CCCNCc1cc(C)nc(C2(OCC)CCCC2)n1. The van der Waals surface area contributed by atoms with Crippen LogP contribution in [0.5, 0.6) is 0 Å². The molecule has 0 bridgehead atoms. The van der Waals surface area contributed by atoms with Gasteiger partial charge < -0.3 is 10.1 Å². The highest BCUT2D eigenvalue weighted by Crippen LogP contribution is 2.40. The van der Waals surface area contributed by atoms with Gasteiger partial charge in [0.15, 0.2) is 5.82 Å². The summed E-state index contributed by atoms with van der Waals surface area (Å²) in [5.74, 6) is 0.894. The van der Waals surface area contributed by atoms with E-state index < -0.39 is 0 Å². The third-order valence-corrected chi connectivity index (χ3v) is 3.88. The van der Waals surface area contributed by atoms with Gasteiger partial charge in [0, 0.05) is 18.8 Å². The summed E-state index contributed by atoms with van der Waals surface area (Å²) >= 11 is 0. The number of ether oxygens (including phenoxy) is 1. The molecule has 1 aliphatic carbocycles. The van der Waals surface area contributed by atoms with Gasteiger partial charge in [0.05, 0.1) is 5.69 Å². The first-order valence-corrected chi connectivity index (χ1v) is 7.90. The minimum atomic E-state index is -0.236. The van der Waals surface area contributed by atoms with Crippen molar-refractivity contribution in [2.45, 2.75) is 65.0 Å². The van der Waals surface area contributed by atoms with E-state index >= 15 is 0 Å². The minimum Gasteiger partial charge on any atom is -0.367 e. The third kappa shape index (κ3) is 3.55. The van der Waals surface area contributed by atoms with Crippen molar-refractivity contribution < 1.29 is 4.74 Å². The summed E-state index contributed by atoms with van der Waals surface area (Å²) in [6.45, 7) is 8.83. The maximum Gasteiger partial charge on any atom is 0.160 e. The van der Waals surface area contributed by atoms with Crippen LogP contribution in [0, 0.1) is 6.92 Å². The van der Waals surface area contributed by atoms with E-state index in [1.165, 1.54) is 12.8 Å². The fourth-order valence-electron chi connectivity index (χ4n) is 2.98. The molecule has 0 aliphatic heterocycles. The van der Waals surface area contributed by atoms with E-state index in [-0.39, 0.29) is 5.60 Å². The van der Waals surface area contributed by atoms with Crippen molar-refractivity contribution >= 4 is 0 Å². The first-order chi connectivity index (χ1) is 9.70. The lowest BCUT2D eigenvalue weighted by Crippen LogP contribution is -2.30. The highest BCUT2D eigenvalue weighted by atomic mass is 16.5. The van der Waals surface area contributed by atoms with Gasteiger partial charge in [-0.2, -0.15) is 0 Å². The minimum absolute atomic E-state index is 0.236. The predicted octanol–water partition coefficient (Wildman–Crippen LogP) is 3.09. The smallest absolute Gasteiger partial charge is 0.160 e. The molecular weight excluding hydrogens is 250 g/mol. The lowest BCUT2D eigenvalue weighted by Gasteiger charge is -2.27. The molecule has 1 aromatic rings. The fraction of sp³-hybridized carbons (Fsp3) is 0.750. The summed E-state index contributed by atoms with van der Waals surface area (Å²) < 4.78 is 6.07. The van der Waals surface area contributed by atoms with Crippen LogP contribution in [0.4, 0.5) is 0 Å². The van der Waals surface area contributed by atoms with Gasteiger partial charge in [-0.15, -0.1) is 0 Å². The summed E-state index contributed by atoms with van der Waals surface area (Å²) in [6, 6.07) is 2.07. The van der Waals surface area contributed by atoms with Gasteiger partial charge in [-0.25, -0.2) is 9.97 Å². The van der Waals surface area contributed by atoms with Crippen molar-refractivity contribution in [1.29, 1.82) is 0 Å². The molecular formula is C16H27N3O. The van der Waals surface area contributed by atoms with Crippen LogP contribution in [0.3, 0.4) is 0 Å². The first-order valence-electron chi connectivity index (χ1n) is 7.90. The highest BCUT2D eigenvalue weighted by molar-refractivity contribution is 5.15. The van der Waals surface area contributed by atoms with E-state index in [2.05, 4.69) is 30.2 Å². The quantitative estimate of drug-likeness (QED) is 0.778. The van der Waals surface area contributed by atoms with E-state index in [0.717, 1.165) is 56.2 Å². The van der Waals surface area contributed by atoms with E-state index in [0.29, 0.717) is 0 Å². The number of hydrogen-bond donors (Lipinski definition) is 1. The lowest BCUT2D eigenvalue weighted by atomic mass is 10.0. The maximum absolute atomic E-state index is 6.07. The van der Waals surface area contributed by atoms with Crippen molar-refractivity contribution in [2.75, 3.05) is 13.2 Å². The first kappa shape index (κ1) is 15.4. The van der Waals surface area contributed by atoms with Crippen molar-refractivity contribution in [3.05, 3.63) is 23.3 Å². The molecule has 0 aromatic carbocycles. The van der Waals surface area contributed by atoms with Gasteiger partial charge in [0.1, 0.15) is 5.60 Å². The molecule has 4 heteroatoms. The second-order valence-electron chi connectivity index (χ2n) is 5.64. The molecule has 0 atom stereocenters. The monoisotopic (exact) mass is 277 g/mol. The van der Waals surface area contributed by atoms with Gasteiger partial charge in [0.2, 0.25) is 0 Å². The molecule has 0 amide bonds. The van der Waals surface area contributed by atoms with Crippen LogP contribution < -0.4 is 5.32 Å². The second-order valence-corrected chi connectivity index (χ2v) is 5.64. The van der Waals surface area contributed by atoms with Crippen molar-refractivity contribution in [1.82, 2.24) is 15.3 Å². The average Bonchev–Trinajstić information content (AvgIpc) is 2.89. The standard InChI is InChI=1S/C16H27N3O/c1-4-10-17-12-14-11-13(3)18-15(19-14)16(20-5-2)8-6-7-9-16/h11,17H,4-10,12H2,1-3H3. The van der Waals surface area contributed by atoms with Crippen LogP contribution in [-0.4, -0.2) is 23.1 Å². The van der Waals surface area contributed by atoms with Gasteiger partial charge in [-0.05, 0) is 58.6 Å². The molecule has 1 fully saturated rings. The van der Waals surface area contributed by atoms with Crippen LogP contribution in [0.1, 0.15) is 63.2 Å². The number of aryl methyl sites for hydroxylation is 1. The maximum atomic E-state index is 6.07. The predicted molar refractivity (Wildman–Crippen MR) is 80.5 cm³/mol. The Morgan fingerprint density at radius 2 is 2.00 bits per heavy atom. The largest absolute Gasteiger partial charge is 0.367 e. The van der Waals surface area contributed by atoms with Gasteiger partial charge in [-0.1, -0.05) is 6.92 Å². The Balaban J connectivity index is 2.21. The molecule has 0 spiro atoms. The van der Waals surface area contributed by atoms with Crippen LogP contribution in [-0.2, 0) is 16.9 Å². The molecule has 1 heterocycles. The van der Waals surface area contributed by atoms with Crippen molar-refractivity contribution in [3.63, 3.8) is 0 Å². The number of nitrogens with zero attached hydrogens (tertiary/aromatic N) is 2. The number of hydrogen-bond acceptors (Lipinski definition) is 4. The number of rotatable bonds is 7. The van der Waals surface area contributed by atoms with Gasteiger partial charge in [0.25, 0.3) is 0 Å². The third-order valence-electron chi connectivity index (χ3n) is 3.88. The fourth-order valence-corrected chi connectivity index (χ4v) is 2.98. The van der Waals surface area contributed by atoms with Crippen molar-refractivity contribution in [3.8, 4) is 0 Å². The molecule has 112 valence electrons. The number of nitrogens with one attached hydrogen (secondary N) is 1. The van der Waals surface area contributed by atoms with Crippen LogP contribution in [0.15, 0.2) is 6.07 Å². The molecule has 2 rings (SSSR count). The molecule has 1 aliphatic rings. The summed E-state index contributed by atoms with van der Waals surface area (Å²) in [7, 11) is 0. The summed E-state index contributed by atoms with van der Waals surface area (Å²) in [5, 5.41) is 3.41. The Hall–Kier alpha value is -1.00. The second kappa shape index (κ2) is 7.14. The molecule has 20 heavy (non-hydrogen) atoms. The topological polar surface area (TPSA) is 47.0 Å². The molecule has 0 saturated heterocycles. The summed E-state index contributed by atoms with van der Waals surface area (Å²) in [4.78, 5) is 9.45. The molecule has 1 saturated carbocycles. The Labute approximate surface area is 122 Å². The normalized spacial score (nSPS) is 17.6. The Kier molecular flexibility index (Phi) is 5.49. The van der Waals surface area contributed by atoms with E-state index in [1.54, 1.807) is 0 Å². The molecule has 1 N–H and O–H groups in total. The van der Waals surface area contributed by atoms with Crippen LogP contribution >= 0.6 is 0 Å². The summed E-state index contributed by atoms with van der Waals surface area (Å²) in [5.41, 5.74) is 1.88. The molecule has 1 aromatic heterocycles. The van der Waals surface area contributed by atoms with E-state index in [9.17, 15) is 0 Å². The highest BCUT2D eigenvalue weighted by Gasteiger charge is 2.39. The van der Waals surface area contributed by atoms with Gasteiger partial charge in [-0.3, -0.25) is 0 Å². The zero-order chi connectivity index (χ0) is 14.4. The lowest BCUT2D eigenvalue weighted by molar-refractivity contribution is -0.0459. The number of aromatic nitrogens is 2. The molecule has 0 unspecified atom stereocenters. The van der Waals surface area contributed by atoms with E-state index in [1.807, 2.05) is 6.92 Å². The molecule has 4 nitrogen and oxygen atoms in total. The Bertz CT molecular complexity index is 428. The van der Waals surface area contributed by atoms with Crippen molar-refractivity contribution in [2.24, 2.45) is 0 Å². The zero-order valence-corrected chi connectivity index (χ0v) is 13.0.